The molecule has 0 saturated carbocycles. The van der Waals surface area contributed by atoms with E-state index in [1.807, 2.05) is 0 Å². The molecule has 0 aliphatic carbocycles. The summed E-state index contributed by atoms with van der Waals surface area (Å²) in [6.07, 6.45) is 3.82. The number of carboxylic acid groups (broad SMARTS) is 4. The number of carboxylic acids is 4. The molecule has 0 aromatic carbocycles. The number of aliphatic carboxylic acids is 4. The highest BCUT2D eigenvalue weighted by atomic mass is 16.4. The van der Waals surface area contributed by atoms with Crippen molar-refractivity contribution in [3.63, 3.8) is 0 Å². The molecule has 0 fully saturated rings. The summed E-state index contributed by atoms with van der Waals surface area (Å²) in [5.74, 6) is -4.62. The molecule has 1 aromatic heterocycles. The number of aromatic amines is 1. The molecule has 32 heavy (non-hydrogen) atoms. The highest BCUT2D eigenvalue weighted by molar-refractivity contribution is 5.80. The van der Waals surface area contributed by atoms with Crippen molar-refractivity contribution in [1.82, 2.24) is 15.3 Å². The SMILES string of the molecule is N=C(N)NCCCC(N)C(=O)O.NC(CC(=O)O)C(=O)O.NC(Cc1c[nH]cn1)C(=O)O. The van der Waals surface area contributed by atoms with Gasteiger partial charge in [-0.05, 0) is 12.8 Å². The van der Waals surface area contributed by atoms with Gasteiger partial charge in [-0.15, -0.1) is 0 Å². The van der Waals surface area contributed by atoms with Crippen molar-refractivity contribution in [3.8, 4) is 0 Å². The van der Waals surface area contributed by atoms with Crippen LogP contribution in [0.1, 0.15) is 25.0 Å². The predicted molar refractivity (Wildman–Crippen MR) is 111 cm³/mol. The van der Waals surface area contributed by atoms with Crippen molar-refractivity contribution in [2.24, 2.45) is 22.9 Å². The number of rotatable bonds is 11. The van der Waals surface area contributed by atoms with Gasteiger partial charge in [0, 0.05) is 19.2 Å². The highest BCUT2D eigenvalue weighted by Crippen LogP contribution is 1.95. The molecule has 0 saturated heterocycles. The van der Waals surface area contributed by atoms with E-state index in [1.165, 1.54) is 6.33 Å². The van der Waals surface area contributed by atoms with Gasteiger partial charge in [-0.2, -0.15) is 0 Å². The molecular formula is C16H30N8O8. The van der Waals surface area contributed by atoms with Gasteiger partial charge in [0.2, 0.25) is 0 Å². The quantitative estimate of drug-likeness (QED) is 0.0881. The number of nitrogens with two attached hydrogens (primary N) is 4. The molecule has 16 nitrogen and oxygen atoms in total. The third-order valence-corrected chi connectivity index (χ3v) is 3.34. The summed E-state index contributed by atoms with van der Waals surface area (Å²) in [6, 6.07) is -2.97. The van der Waals surface area contributed by atoms with Gasteiger partial charge < -0.3 is 53.7 Å². The molecule has 182 valence electrons. The van der Waals surface area contributed by atoms with Gasteiger partial charge in [0.1, 0.15) is 18.1 Å². The van der Waals surface area contributed by atoms with Crippen molar-refractivity contribution >= 4 is 29.8 Å². The van der Waals surface area contributed by atoms with Gasteiger partial charge in [-0.3, -0.25) is 24.6 Å². The van der Waals surface area contributed by atoms with Crippen LogP contribution >= 0.6 is 0 Å². The molecule has 3 unspecified atom stereocenters. The average molecular weight is 462 g/mol. The summed E-state index contributed by atoms with van der Waals surface area (Å²) in [6.45, 7) is 0.482. The van der Waals surface area contributed by atoms with E-state index in [0.29, 0.717) is 25.1 Å². The van der Waals surface area contributed by atoms with Crippen LogP contribution in [0, 0.1) is 5.41 Å². The summed E-state index contributed by atoms with van der Waals surface area (Å²) < 4.78 is 0. The Bertz CT molecular complexity index is 728. The lowest BCUT2D eigenvalue weighted by molar-refractivity contribution is -0.144. The Morgan fingerprint density at radius 2 is 1.53 bits per heavy atom. The first-order valence-electron chi connectivity index (χ1n) is 9.00. The number of aromatic nitrogens is 2. The molecule has 0 bridgehead atoms. The number of nitrogens with one attached hydrogen (secondary N) is 3. The van der Waals surface area contributed by atoms with E-state index in [-0.39, 0.29) is 12.4 Å². The Hall–Kier alpha value is -3.76. The number of H-pyrrole nitrogens is 1. The summed E-state index contributed by atoms with van der Waals surface area (Å²) >= 11 is 0. The molecule has 1 aromatic rings. The fraction of sp³-hybridized carbons (Fsp3) is 0.500. The molecule has 0 spiro atoms. The van der Waals surface area contributed by atoms with E-state index in [1.54, 1.807) is 6.20 Å². The van der Waals surface area contributed by atoms with E-state index in [9.17, 15) is 19.2 Å². The van der Waals surface area contributed by atoms with Gasteiger partial charge in [-0.1, -0.05) is 0 Å². The Morgan fingerprint density at radius 3 is 1.88 bits per heavy atom. The third-order valence-electron chi connectivity index (χ3n) is 3.34. The smallest absolute Gasteiger partial charge is 0.321 e. The van der Waals surface area contributed by atoms with Crippen LogP contribution in [0.5, 0.6) is 0 Å². The maximum Gasteiger partial charge on any atom is 0.321 e. The maximum absolute atomic E-state index is 10.3. The predicted octanol–water partition coefficient (Wildman–Crippen LogP) is -3.10. The van der Waals surface area contributed by atoms with Crippen LogP contribution in [0.3, 0.4) is 0 Å². The van der Waals surface area contributed by atoms with Crippen LogP contribution in [0.2, 0.25) is 0 Å². The second-order valence-electron chi connectivity index (χ2n) is 6.18. The fourth-order valence-corrected chi connectivity index (χ4v) is 1.66. The first-order valence-corrected chi connectivity index (χ1v) is 9.00. The molecule has 16 heteroatoms. The van der Waals surface area contributed by atoms with Crippen molar-refractivity contribution in [2.45, 2.75) is 43.8 Å². The Balaban J connectivity index is 0. The second kappa shape index (κ2) is 17.0. The van der Waals surface area contributed by atoms with Crippen LogP contribution in [-0.2, 0) is 25.6 Å². The highest BCUT2D eigenvalue weighted by Gasteiger charge is 2.14. The van der Waals surface area contributed by atoms with Crippen molar-refractivity contribution in [2.75, 3.05) is 6.54 Å². The van der Waals surface area contributed by atoms with Crippen molar-refractivity contribution < 1.29 is 39.6 Å². The molecular weight excluding hydrogens is 432 g/mol. The van der Waals surface area contributed by atoms with Gasteiger partial charge >= 0.3 is 23.9 Å². The zero-order valence-electron chi connectivity index (χ0n) is 17.1. The van der Waals surface area contributed by atoms with Gasteiger partial charge in [0.15, 0.2) is 5.96 Å². The molecule has 0 radical (unpaired) electrons. The summed E-state index contributed by atoms with van der Waals surface area (Å²) in [5.41, 5.74) is 21.0. The van der Waals surface area contributed by atoms with Gasteiger partial charge in [0.05, 0.1) is 18.4 Å². The summed E-state index contributed by atoms with van der Waals surface area (Å²) in [5, 5.41) is 42.2. The average Bonchev–Trinajstić information content (AvgIpc) is 3.18. The zero-order valence-corrected chi connectivity index (χ0v) is 17.1. The van der Waals surface area contributed by atoms with Crippen molar-refractivity contribution in [3.05, 3.63) is 18.2 Å². The second-order valence-corrected chi connectivity index (χ2v) is 6.18. The van der Waals surface area contributed by atoms with E-state index in [0.717, 1.165) is 0 Å². The number of hydrogen-bond donors (Lipinski definition) is 11. The van der Waals surface area contributed by atoms with E-state index < -0.39 is 48.4 Å². The summed E-state index contributed by atoms with van der Waals surface area (Å²) in [7, 11) is 0. The largest absolute Gasteiger partial charge is 0.481 e. The first-order chi connectivity index (χ1) is 14.8. The molecule has 1 rings (SSSR count). The van der Waals surface area contributed by atoms with Crippen LogP contribution in [0.4, 0.5) is 0 Å². The standard InChI is InChI=1S/C6H14N4O2.C6H9N3O2.C4H7NO4/c7-4(5(11)12)2-1-3-10-6(8)9;7-5(6(10)11)1-4-2-8-3-9-4;5-2(4(8)9)1-3(6)7/h4H,1-3,7H2,(H,11,12)(H4,8,9,10);2-3,5H,1,7H2,(H,8,9)(H,10,11);2H,1,5H2,(H,6,7)(H,8,9). The van der Waals surface area contributed by atoms with Crippen LogP contribution < -0.4 is 28.3 Å². The Morgan fingerprint density at radius 1 is 1.00 bits per heavy atom. The van der Waals surface area contributed by atoms with E-state index in [2.05, 4.69) is 15.3 Å². The van der Waals surface area contributed by atoms with Crippen LogP contribution in [-0.4, -0.2) is 84.9 Å². The van der Waals surface area contributed by atoms with E-state index >= 15 is 0 Å². The third kappa shape index (κ3) is 18.3. The number of imidazole rings is 1. The lowest BCUT2D eigenvalue weighted by atomic mass is 10.2. The van der Waals surface area contributed by atoms with Crippen molar-refractivity contribution in [1.29, 1.82) is 5.41 Å². The number of nitrogens with zero attached hydrogens (tertiary/aromatic N) is 1. The van der Waals surface area contributed by atoms with Crippen LogP contribution in [0.15, 0.2) is 12.5 Å². The topological polar surface area (TPSA) is 318 Å². The van der Waals surface area contributed by atoms with Gasteiger partial charge in [-0.25, -0.2) is 4.98 Å². The fourth-order valence-electron chi connectivity index (χ4n) is 1.66. The van der Waals surface area contributed by atoms with Crippen LogP contribution in [0.25, 0.3) is 0 Å². The zero-order chi connectivity index (χ0) is 25.3. The Labute approximate surface area is 182 Å². The Kier molecular flexibility index (Phi) is 16.1. The lowest BCUT2D eigenvalue weighted by Crippen LogP contribution is -2.34. The summed E-state index contributed by atoms with van der Waals surface area (Å²) in [4.78, 5) is 46.6. The first kappa shape index (κ1) is 30.4. The molecule has 0 aliphatic heterocycles. The van der Waals surface area contributed by atoms with E-state index in [4.69, 9.17) is 48.8 Å². The minimum Gasteiger partial charge on any atom is -0.481 e. The number of carbonyl (C=O) groups is 4. The maximum atomic E-state index is 10.3. The molecule has 3 atom stereocenters. The minimum atomic E-state index is -1.29. The number of hydrogen-bond acceptors (Lipinski definition) is 9. The molecule has 15 N–H and O–H groups in total. The monoisotopic (exact) mass is 462 g/mol. The molecule has 1 heterocycles. The lowest BCUT2D eigenvalue weighted by Gasteiger charge is -2.06. The van der Waals surface area contributed by atoms with Gasteiger partial charge in [0.25, 0.3) is 0 Å². The molecule has 0 aliphatic rings. The minimum absolute atomic E-state index is 0.112. The number of guanidine groups is 1. The molecule has 0 amide bonds. The normalized spacial score (nSPS) is 12.5.